The molecule has 1 heterocycles. The van der Waals surface area contributed by atoms with E-state index >= 15 is 0 Å². The van der Waals surface area contributed by atoms with Crippen molar-refractivity contribution in [3.8, 4) is 0 Å². The minimum atomic E-state index is -0.693. The molecule has 0 bridgehead atoms. The quantitative estimate of drug-likeness (QED) is 0.793. The molecule has 1 unspecified atom stereocenters. The van der Waals surface area contributed by atoms with Crippen LogP contribution in [0.4, 0.5) is 4.79 Å². The van der Waals surface area contributed by atoms with Gasteiger partial charge >= 0.3 is 6.09 Å². The summed E-state index contributed by atoms with van der Waals surface area (Å²) in [5.74, 6) is 0.0786. The predicted octanol–water partition coefficient (Wildman–Crippen LogP) is 2.93. The van der Waals surface area contributed by atoms with E-state index in [1.807, 2.05) is 34.6 Å². The molecule has 1 amide bonds. The summed E-state index contributed by atoms with van der Waals surface area (Å²) in [5, 5.41) is 9.44. The van der Waals surface area contributed by atoms with Crippen LogP contribution >= 0.6 is 0 Å². The molecule has 1 saturated heterocycles. The number of carbonyl (C=O) groups excluding carboxylic acids is 1. The Hall–Kier alpha value is -1.07. The van der Waals surface area contributed by atoms with Crippen LogP contribution in [0.3, 0.4) is 0 Å². The first kappa shape index (κ1) is 18.0. The lowest BCUT2D eigenvalue weighted by molar-refractivity contribution is -0.0633. The van der Waals surface area contributed by atoms with Gasteiger partial charge < -0.3 is 14.6 Å². The van der Waals surface area contributed by atoms with Crippen molar-refractivity contribution in [1.82, 2.24) is 4.90 Å². The summed E-state index contributed by atoms with van der Waals surface area (Å²) in [6.07, 6.45) is 2.81. The molecule has 0 saturated carbocycles. The lowest BCUT2D eigenvalue weighted by Crippen LogP contribution is -2.50. The molecule has 2 atom stereocenters. The maximum atomic E-state index is 12.5. The highest BCUT2D eigenvalue weighted by atomic mass is 16.6. The number of aliphatic hydroxyl groups is 1. The van der Waals surface area contributed by atoms with Gasteiger partial charge in [0.15, 0.2) is 0 Å². The van der Waals surface area contributed by atoms with E-state index in [-0.39, 0.29) is 24.7 Å². The van der Waals surface area contributed by atoms with Gasteiger partial charge in [-0.05, 0) is 53.4 Å². The van der Waals surface area contributed by atoms with Crippen LogP contribution in [0.15, 0.2) is 12.7 Å². The summed E-state index contributed by atoms with van der Waals surface area (Å²) >= 11 is 0. The van der Waals surface area contributed by atoms with Crippen LogP contribution in [0.2, 0.25) is 0 Å². The minimum Gasteiger partial charge on any atom is -0.444 e. The first-order valence-electron chi connectivity index (χ1n) is 7.48. The van der Waals surface area contributed by atoms with Crippen LogP contribution in [0, 0.1) is 5.92 Å². The Labute approximate surface area is 127 Å². The van der Waals surface area contributed by atoms with E-state index in [9.17, 15) is 9.90 Å². The molecule has 0 radical (unpaired) electrons. The topological polar surface area (TPSA) is 59.0 Å². The van der Waals surface area contributed by atoms with Crippen LogP contribution in [-0.2, 0) is 9.47 Å². The molecule has 1 fully saturated rings. The minimum absolute atomic E-state index is 0.0745. The molecule has 0 aromatic rings. The Morgan fingerprint density at radius 2 is 2.19 bits per heavy atom. The highest BCUT2D eigenvalue weighted by Crippen LogP contribution is 2.32. The average Bonchev–Trinajstić information content (AvgIpc) is 2.61. The zero-order chi connectivity index (χ0) is 16.3. The lowest BCUT2D eigenvalue weighted by atomic mass is 9.97. The largest absolute Gasteiger partial charge is 0.444 e. The summed E-state index contributed by atoms with van der Waals surface area (Å²) < 4.78 is 11.2. The fourth-order valence-corrected chi connectivity index (χ4v) is 2.60. The summed E-state index contributed by atoms with van der Waals surface area (Å²) in [7, 11) is 0. The van der Waals surface area contributed by atoms with Gasteiger partial charge in [-0.2, -0.15) is 0 Å². The smallest absolute Gasteiger partial charge is 0.412 e. The summed E-state index contributed by atoms with van der Waals surface area (Å²) in [4.78, 5) is 14.1. The first-order chi connectivity index (χ1) is 9.60. The van der Waals surface area contributed by atoms with E-state index in [0.717, 1.165) is 6.42 Å². The summed E-state index contributed by atoms with van der Waals surface area (Å²) in [5.41, 5.74) is -1.24. The molecule has 5 heteroatoms. The second-order valence-electron chi connectivity index (χ2n) is 7.07. The van der Waals surface area contributed by atoms with E-state index in [1.54, 1.807) is 11.0 Å². The van der Waals surface area contributed by atoms with Crippen molar-refractivity contribution in [3.05, 3.63) is 12.7 Å². The van der Waals surface area contributed by atoms with Gasteiger partial charge in [-0.1, -0.05) is 6.08 Å². The second kappa shape index (κ2) is 6.79. The number of allylic oxidation sites excluding steroid dienone is 1. The summed E-state index contributed by atoms with van der Waals surface area (Å²) in [6.45, 7) is 13.5. The van der Waals surface area contributed by atoms with Gasteiger partial charge in [-0.3, -0.25) is 4.90 Å². The number of aliphatic hydroxyl groups excluding tert-OH is 1. The van der Waals surface area contributed by atoms with Crippen LogP contribution in [0.5, 0.6) is 0 Å². The first-order valence-corrected chi connectivity index (χ1v) is 7.48. The molecule has 122 valence electrons. The van der Waals surface area contributed by atoms with Gasteiger partial charge in [0.25, 0.3) is 0 Å². The average molecular weight is 299 g/mol. The Morgan fingerprint density at radius 1 is 1.57 bits per heavy atom. The maximum absolute atomic E-state index is 12.5. The Kier molecular flexibility index (Phi) is 5.82. The molecule has 0 aliphatic carbocycles. The van der Waals surface area contributed by atoms with Crippen molar-refractivity contribution in [2.75, 3.05) is 13.2 Å². The van der Waals surface area contributed by atoms with Gasteiger partial charge in [0.05, 0.1) is 12.6 Å². The third-order valence-electron chi connectivity index (χ3n) is 3.53. The highest BCUT2D eigenvalue weighted by Gasteiger charge is 2.45. The van der Waals surface area contributed by atoms with Crippen molar-refractivity contribution >= 4 is 6.09 Å². The number of ether oxygens (including phenoxy) is 2. The third kappa shape index (κ3) is 5.00. The third-order valence-corrected chi connectivity index (χ3v) is 3.53. The standard InChI is InChI=1S/C16H29NO4/c1-7-8-12(10-18)9-13-11-20-16(5,6)17(13)14(19)21-15(2,3)4/h7,12-13,18H,1,8-11H2,2-6H3/t12?,13-/m0/s1. The fraction of sp³-hybridized carbons (Fsp3) is 0.812. The number of nitrogens with zero attached hydrogens (tertiary/aromatic N) is 1. The van der Waals surface area contributed by atoms with Gasteiger partial charge in [0, 0.05) is 6.61 Å². The van der Waals surface area contributed by atoms with Crippen molar-refractivity contribution in [2.45, 2.75) is 64.8 Å². The molecule has 21 heavy (non-hydrogen) atoms. The maximum Gasteiger partial charge on any atom is 0.412 e. The summed E-state index contributed by atoms with van der Waals surface area (Å²) in [6, 6.07) is -0.0908. The van der Waals surface area contributed by atoms with Crippen molar-refractivity contribution < 1.29 is 19.4 Å². The second-order valence-corrected chi connectivity index (χ2v) is 7.07. The van der Waals surface area contributed by atoms with E-state index < -0.39 is 11.3 Å². The number of hydrogen-bond acceptors (Lipinski definition) is 4. The molecular formula is C16H29NO4. The molecule has 1 aliphatic rings. The molecule has 0 aromatic heterocycles. The van der Waals surface area contributed by atoms with Crippen molar-refractivity contribution in [3.63, 3.8) is 0 Å². The lowest BCUT2D eigenvalue weighted by Gasteiger charge is -2.35. The van der Waals surface area contributed by atoms with Gasteiger partial charge in [0.2, 0.25) is 0 Å². The highest BCUT2D eigenvalue weighted by molar-refractivity contribution is 5.69. The van der Waals surface area contributed by atoms with E-state index in [4.69, 9.17) is 9.47 Å². The molecule has 1 N–H and O–H groups in total. The molecular weight excluding hydrogens is 270 g/mol. The number of rotatable bonds is 5. The van der Waals surface area contributed by atoms with Crippen LogP contribution < -0.4 is 0 Å². The van der Waals surface area contributed by atoms with Crippen LogP contribution in [0.25, 0.3) is 0 Å². The molecule has 0 aromatic carbocycles. The van der Waals surface area contributed by atoms with Crippen molar-refractivity contribution in [2.24, 2.45) is 5.92 Å². The Bertz CT molecular complexity index is 373. The Morgan fingerprint density at radius 3 is 2.67 bits per heavy atom. The molecule has 1 rings (SSSR count). The monoisotopic (exact) mass is 299 g/mol. The van der Waals surface area contributed by atoms with Gasteiger partial charge in [-0.25, -0.2) is 4.79 Å². The Balaban J connectivity index is 2.83. The normalized spacial score (nSPS) is 23.0. The fourth-order valence-electron chi connectivity index (χ4n) is 2.60. The number of carbonyl (C=O) groups is 1. The SMILES string of the molecule is C=CCC(CO)C[C@H]1COC(C)(C)N1C(=O)OC(C)(C)C. The number of hydrogen-bond donors (Lipinski definition) is 1. The van der Waals surface area contributed by atoms with E-state index in [2.05, 4.69) is 6.58 Å². The predicted molar refractivity (Wildman–Crippen MR) is 81.9 cm³/mol. The zero-order valence-electron chi connectivity index (χ0n) is 13.9. The van der Waals surface area contributed by atoms with Crippen molar-refractivity contribution in [1.29, 1.82) is 0 Å². The molecule has 5 nitrogen and oxygen atoms in total. The number of amides is 1. The zero-order valence-corrected chi connectivity index (χ0v) is 13.9. The van der Waals surface area contributed by atoms with Gasteiger partial charge in [0.1, 0.15) is 11.3 Å². The van der Waals surface area contributed by atoms with Crippen LogP contribution in [0.1, 0.15) is 47.5 Å². The molecule has 1 aliphatic heterocycles. The van der Waals surface area contributed by atoms with E-state index in [0.29, 0.717) is 13.0 Å². The molecule has 0 spiro atoms. The van der Waals surface area contributed by atoms with E-state index in [1.165, 1.54) is 0 Å². The van der Waals surface area contributed by atoms with Gasteiger partial charge in [-0.15, -0.1) is 6.58 Å². The van der Waals surface area contributed by atoms with Crippen LogP contribution in [-0.4, -0.2) is 46.7 Å².